The third kappa shape index (κ3) is 4.81. The van der Waals surface area contributed by atoms with Gasteiger partial charge in [0.1, 0.15) is 11.6 Å². The molecular formula is C18H17F5O6S. The van der Waals surface area contributed by atoms with E-state index in [1.165, 1.54) is 27.7 Å². The fourth-order valence-corrected chi connectivity index (χ4v) is 3.19. The number of carbonyl (C=O) groups is 1. The van der Waals surface area contributed by atoms with Crippen LogP contribution in [0.25, 0.3) is 10.8 Å². The number of hydrogen-bond acceptors (Lipinski definition) is 5. The zero-order valence-corrected chi connectivity index (χ0v) is 16.9. The Kier molecular flexibility index (Phi) is 6.07. The largest absolute Gasteiger partial charge is 0.534 e. The van der Waals surface area contributed by atoms with Crippen LogP contribution in [0.1, 0.15) is 38.0 Å². The summed E-state index contributed by atoms with van der Waals surface area (Å²) in [5.74, 6) is -5.32. The Balaban J connectivity index is 2.97. The first kappa shape index (κ1) is 23.8. The molecule has 1 unspecified atom stereocenters. The van der Waals surface area contributed by atoms with Gasteiger partial charge in [-0.1, -0.05) is 0 Å². The highest BCUT2D eigenvalue weighted by atomic mass is 32.2. The summed E-state index contributed by atoms with van der Waals surface area (Å²) in [5, 5.41) is 8.41. The molecule has 30 heavy (non-hydrogen) atoms. The van der Waals surface area contributed by atoms with Crippen molar-refractivity contribution in [2.75, 3.05) is 0 Å². The van der Waals surface area contributed by atoms with Crippen molar-refractivity contribution in [3.63, 3.8) is 0 Å². The molecular weight excluding hydrogens is 439 g/mol. The van der Waals surface area contributed by atoms with E-state index in [1.54, 1.807) is 0 Å². The smallest absolute Gasteiger partial charge is 0.479 e. The molecule has 0 saturated carbocycles. The normalized spacial score (nSPS) is 14.0. The molecule has 166 valence electrons. The van der Waals surface area contributed by atoms with Gasteiger partial charge in [-0.2, -0.15) is 21.6 Å². The number of aryl methyl sites for hydroxylation is 1. The van der Waals surface area contributed by atoms with Gasteiger partial charge in [-0.25, -0.2) is 13.6 Å². The molecule has 0 aliphatic rings. The molecule has 0 fully saturated rings. The van der Waals surface area contributed by atoms with Crippen LogP contribution in [0, 0.1) is 18.6 Å². The maximum absolute atomic E-state index is 14.2. The van der Waals surface area contributed by atoms with Crippen LogP contribution in [0.5, 0.6) is 5.75 Å². The van der Waals surface area contributed by atoms with Crippen molar-refractivity contribution in [3.05, 3.63) is 41.0 Å². The summed E-state index contributed by atoms with van der Waals surface area (Å²) in [5.41, 5.74) is -7.78. The Morgan fingerprint density at radius 2 is 1.63 bits per heavy atom. The molecule has 0 amide bonds. The fraction of sp³-hybridized carbons (Fsp3) is 0.389. The minimum Gasteiger partial charge on any atom is -0.479 e. The van der Waals surface area contributed by atoms with Crippen LogP contribution in [-0.2, 0) is 19.6 Å². The lowest BCUT2D eigenvalue weighted by molar-refractivity contribution is -0.160. The number of hydrogen-bond donors (Lipinski definition) is 1. The van der Waals surface area contributed by atoms with Crippen LogP contribution >= 0.6 is 0 Å². The maximum atomic E-state index is 14.2. The van der Waals surface area contributed by atoms with Crippen molar-refractivity contribution in [3.8, 4) is 5.75 Å². The number of aliphatic carboxylic acids is 1. The summed E-state index contributed by atoms with van der Waals surface area (Å²) in [7, 11) is -6.30. The highest BCUT2D eigenvalue weighted by Gasteiger charge is 2.49. The summed E-state index contributed by atoms with van der Waals surface area (Å²) in [6, 6.07) is 2.01. The third-order valence-electron chi connectivity index (χ3n) is 3.80. The molecule has 12 heteroatoms. The molecule has 0 aliphatic heterocycles. The number of fused-ring (bicyclic) bond motifs is 1. The molecule has 0 bridgehead atoms. The van der Waals surface area contributed by atoms with Gasteiger partial charge in [0, 0.05) is 22.4 Å². The average Bonchev–Trinajstić information content (AvgIpc) is 2.52. The van der Waals surface area contributed by atoms with Crippen molar-refractivity contribution in [2.45, 2.75) is 44.9 Å². The van der Waals surface area contributed by atoms with Crippen LogP contribution in [-0.4, -0.2) is 30.6 Å². The van der Waals surface area contributed by atoms with Crippen LogP contribution in [0.2, 0.25) is 0 Å². The number of benzene rings is 2. The number of rotatable bonds is 5. The molecule has 2 rings (SSSR count). The lowest BCUT2D eigenvalue weighted by Crippen LogP contribution is -2.31. The summed E-state index contributed by atoms with van der Waals surface area (Å²) < 4.78 is 99.7. The van der Waals surface area contributed by atoms with Gasteiger partial charge in [0.2, 0.25) is 0 Å². The quantitative estimate of drug-likeness (QED) is 0.402. The number of carboxylic acid groups (broad SMARTS) is 1. The monoisotopic (exact) mass is 456 g/mol. The molecule has 0 aromatic heterocycles. The van der Waals surface area contributed by atoms with Gasteiger partial charge < -0.3 is 14.0 Å². The van der Waals surface area contributed by atoms with Crippen LogP contribution in [0.15, 0.2) is 18.2 Å². The summed E-state index contributed by atoms with van der Waals surface area (Å²) >= 11 is 0. The van der Waals surface area contributed by atoms with Gasteiger partial charge >= 0.3 is 21.6 Å². The Morgan fingerprint density at radius 3 is 2.10 bits per heavy atom. The highest BCUT2D eigenvalue weighted by Crippen LogP contribution is 2.42. The second-order valence-electron chi connectivity index (χ2n) is 7.35. The first-order chi connectivity index (χ1) is 13.4. The maximum Gasteiger partial charge on any atom is 0.534 e. The van der Waals surface area contributed by atoms with Gasteiger partial charge in [-0.3, -0.25) is 0 Å². The lowest BCUT2D eigenvalue weighted by Gasteiger charge is -2.28. The molecule has 0 saturated heterocycles. The van der Waals surface area contributed by atoms with Crippen molar-refractivity contribution >= 4 is 26.9 Å². The zero-order chi connectivity index (χ0) is 23.2. The number of alkyl halides is 3. The van der Waals surface area contributed by atoms with Gasteiger partial charge in [-0.05, 0) is 45.4 Å². The first-order valence-electron chi connectivity index (χ1n) is 8.28. The van der Waals surface area contributed by atoms with Crippen molar-refractivity contribution in [1.29, 1.82) is 0 Å². The molecule has 2 aromatic rings. The molecule has 0 heterocycles. The van der Waals surface area contributed by atoms with E-state index >= 15 is 0 Å². The number of halogens is 5. The summed E-state index contributed by atoms with van der Waals surface area (Å²) in [4.78, 5) is 11.8. The zero-order valence-electron chi connectivity index (χ0n) is 16.1. The molecule has 0 spiro atoms. The molecule has 0 aliphatic carbocycles. The Bertz CT molecular complexity index is 1100. The van der Waals surface area contributed by atoms with Crippen molar-refractivity contribution in [2.24, 2.45) is 0 Å². The van der Waals surface area contributed by atoms with E-state index in [2.05, 4.69) is 4.18 Å². The topological polar surface area (TPSA) is 89.9 Å². The highest BCUT2D eigenvalue weighted by molar-refractivity contribution is 7.88. The second kappa shape index (κ2) is 7.65. The van der Waals surface area contributed by atoms with Crippen LogP contribution < -0.4 is 4.18 Å². The van der Waals surface area contributed by atoms with Crippen LogP contribution in [0.4, 0.5) is 22.0 Å². The molecule has 1 N–H and O–H groups in total. The number of carboxylic acids is 1. The third-order valence-corrected chi connectivity index (χ3v) is 4.76. The van der Waals surface area contributed by atoms with E-state index in [-0.39, 0.29) is 5.56 Å². The van der Waals surface area contributed by atoms with E-state index in [9.17, 15) is 40.3 Å². The van der Waals surface area contributed by atoms with Gasteiger partial charge in [-0.15, -0.1) is 0 Å². The van der Waals surface area contributed by atoms with E-state index < -0.39 is 67.0 Å². The molecule has 1 atom stereocenters. The van der Waals surface area contributed by atoms with E-state index in [4.69, 9.17) is 4.74 Å². The van der Waals surface area contributed by atoms with Crippen molar-refractivity contribution < 1.29 is 49.2 Å². The second-order valence-corrected chi connectivity index (χ2v) is 8.89. The standard InChI is InChI=1S/C18H17F5O6S/c1-8-5-10-11(6-9(19)7-12(10)20)14(29-30(26,27)18(21,22)23)13(8)15(16(24)25)28-17(2,3)4/h5-7,15H,1-4H3,(H,24,25). The van der Waals surface area contributed by atoms with Gasteiger partial charge in [0.25, 0.3) is 0 Å². The predicted octanol–water partition coefficient (Wildman–Crippen LogP) is 4.60. The van der Waals surface area contributed by atoms with Gasteiger partial charge in [0.05, 0.1) is 5.60 Å². The molecule has 6 nitrogen and oxygen atoms in total. The van der Waals surface area contributed by atoms with E-state index in [0.717, 1.165) is 6.07 Å². The fourth-order valence-electron chi connectivity index (χ4n) is 2.70. The SMILES string of the molecule is Cc1cc2c(F)cc(F)cc2c(OS(=O)(=O)C(F)(F)F)c1C(OC(C)(C)C)C(=O)O. The summed E-state index contributed by atoms with van der Waals surface area (Å²) in [6.07, 6.45) is -2.00. The minimum absolute atomic E-state index is 0.142. The van der Waals surface area contributed by atoms with E-state index in [1.807, 2.05) is 0 Å². The van der Waals surface area contributed by atoms with E-state index in [0.29, 0.717) is 12.1 Å². The Morgan fingerprint density at radius 1 is 1.07 bits per heavy atom. The minimum atomic E-state index is -6.30. The van der Waals surface area contributed by atoms with Crippen LogP contribution in [0.3, 0.4) is 0 Å². The Labute approximate surface area is 168 Å². The van der Waals surface area contributed by atoms with Crippen molar-refractivity contribution in [1.82, 2.24) is 0 Å². The first-order valence-corrected chi connectivity index (χ1v) is 9.69. The average molecular weight is 456 g/mol. The summed E-state index contributed by atoms with van der Waals surface area (Å²) in [6.45, 7) is 5.55. The molecule has 2 aromatic carbocycles. The number of ether oxygens (including phenoxy) is 1. The molecule has 0 radical (unpaired) electrons. The lowest BCUT2D eigenvalue weighted by atomic mass is 9.95. The Hall–Kier alpha value is -2.47. The predicted molar refractivity (Wildman–Crippen MR) is 95.4 cm³/mol. The van der Waals surface area contributed by atoms with Gasteiger partial charge in [0.15, 0.2) is 11.9 Å².